The van der Waals surface area contributed by atoms with E-state index < -0.39 is 0 Å². The van der Waals surface area contributed by atoms with Gasteiger partial charge in [-0.3, -0.25) is 4.57 Å². The Hall–Kier alpha value is -5.29. The maximum atomic E-state index is 5.19. The summed E-state index contributed by atoms with van der Waals surface area (Å²) >= 11 is 0. The molecule has 3 heterocycles. The molecule has 6 aromatic rings. The Morgan fingerprint density at radius 1 is 0.705 bits per heavy atom. The first-order valence-electron chi connectivity index (χ1n) is 15.4. The van der Waals surface area contributed by atoms with Crippen LogP contribution in [0, 0.1) is 0 Å². The SMILES string of the molecule is C=C/C=C(\C=C)B1C2=C(CCCC2)c2c1ccc1c3ccccc3n(-c3nc(-c4ccccc4)nc(-c4ccccc4)n3)c21. The van der Waals surface area contributed by atoms with Gasteiger partial charge in [0, 0.05) is 21.9 Å². The van der Waals surface area contributed by atoms with E-state index in [1.165, 1.54) is 56.7 Å². The number of aromatic nitrogens is 4. The van der Waals surface area contributed by atoms with Crippen LogP contribution in [0.25, 0.3) is 56.1 Å². The lowest BCUT2D eigenvalue weighted by Crippen LogP contribution is -2.32. The molecule has 5 heteroatoms. The van der Waals surface area contributed by atoms with Gasteiger partial charge < -0.3 is 0 Å². The first kappa shape index (κ1) is 26.4. The van der Waals surface area contributed by atoms with Crippen LogP contribution in [0.5, 0.6) is 0 Å². The second-order valence-electron chi connectivity index (χ2n) is 11.5. The first-order valence-corrected chi connectivity index (χ1v) is 15.4. The Bertz CT molecular complexity index is 2100. The Morgan fingerprint density at radius 3 is 2.05 bits per heavy atom. The van der Waals surface area contributed by atoms with Gasteiger partial charge in [0.1, 0.15) is 0 Å². The maximum Gasteiger partial charge on any atom is 0.238 e. The lowest BCUT2D eigenvalue weighted by atomic mass is 9.36. The van der Waals surface area contributed by atoms with E-state index in [4.69, 9.17) is 15.0 Å². The lowest BCUT2D eigenvalue weighted by Gasteiger charge is -2.19. The van der Waals surface area contributed by atoms with E-state index in [1.54, 1.807) is 0 Å². The molecule has 2 aliphatic rings. The van der Waals surface area contributed by atoms with Crippen molar-refractivity contribution < 1.29 is 0 Å². The molecule has 4 aromatic carbocycles. The average molecular weight is 567 g/mol. The van der Waals surface area contributed by atoms with Gasteiger partial charge in [-0.1, -0.05) is 139 Å². The van der Waals surface area contributed by atoms with E-state index in [2.05, 4.69) is 84.5 Å². The van der Waals surface area contributed by atoms with Crippen LogP contribution in [-0.2, 0) is 0 Å². The van der Waals surface area contributed by atoms with Gasteiger partial charge in [-0.2, -0.15) is 9.97 Å². The minimum Gasteiger partial charge on any atom is -0.277 e. The van der Waals surface area contributed by atoms with E-state index in [-0.39, 0.29) is 6.71 Å². The van der Waals surface area contributed by atoms with Gasteiger partial charge >= 0.3 is 0 Å². The molecule has 0 fully saturated rings. The molecular weight excluding hydrogens is 535 g/mol. The predicted octanol–water partition coefficient (Wildman–Crippen LogP) is 8.72. The molecule has 1 aliphatic carbocycles. The zero-order valence-electron chi connectivity index (χ0n) is 24.6. The van der Waals surface area contributed by atoms with Gasteiger partial charge in [0.15, 0.2) is 11.6 Å². The molecule has 0 N–H and O–H groups in total. The van der Waals surface area contributed by atoms with E-state index in [0.717, 1.165) is 29.5 Å². The van der Waals surface area contributed by atoms with Crippen LogP contribution in [0.2, 0.25) is 0 Å². The van der Waals surface area contributed by atoms with Crippen molar-refractivity contribution in [2.75, 3.05) is 0 Å². The van der Waals surface area contributed by atoms with Gasteiger partial charge in [0.05, 0.1) is 11.0 Å². The summed E-state index contributed by atoms with van der Waals surface area (Å²) in [5.74, 6) is 1.95. The molecule has 0 amide bonds. The molecule has 4 nitrogen and oxygen atoms in total. The molecule has 0 spiro atoms. The number of nitrogens with zero attached hydrogens (tertiary/aromatic N) is 4. The van der Waals surface area contributed by atoms with Gasteiger partial charge in [-0.25, -0.2) is 4.98 Å². The normalized spacial score (nSPS) is 14.6. The molecular formula is C39H31BN4. The summed E-state index contributed by atoms with van der Waals surface area (Å²) < 4.78 is 2.29. The van der Waals surface area contributed by atoms with Crippen LogP contribution in [-0.4, -0.2) is 26.2 Å². The second-order valence-corrected chi connectivity index (χ2v) is 11.5. The van der Waals surface area contributed by atoms with Gasteiger partial charge in [0.2, 0.25) is 12.7 Å². The summed E-state index contributed by atoms with van der Waals surface area (Å²) in [7, 11) is 0. The lowest BCUT2D eigenvalue weighted by molar-refractivity contribution is 0.734. The van der Waals surface area contributed by atoms with Crippen LogP contribution < -0.4 is 5.46 Å². The van der Waals surface area contributed by atoms with Crippen LogP contribution >= 0.6 is 0 Å². The average Bonchev–Trinajstić information content (AvgIpc) is 3.61. The number of fused-ring (bicyclic) bond motifs is 6. The fraction of sp³-hybridized carbons (Fsp3) is 0.103. The molecule has 1 aliphatic heterocycles. The van der Waals surface area contributed by atoms with Gasteiger partial charge in [-0.15, -0.1) is 0 Å². The summed E-state index contributed by atoms with van der Waals surface area (Å²) in [6.45, 7) is 8.40. The van der Waals surface area contributed by atoms with Crippen LogP contribution in [0.1, 0.15) is 31.2 Å². The smallest absolute Gasteiger partial charge is 0.238 e. The third-order valence-corrected chi connectivity index (χ3v) is 9.11. The minimum absolute atomic E-state index is 0.185. The molecule has 0 unspecified atom stereocenters. The molecule has 0 atom stereocenters. The van der Waals surface area contributed by atoms with E-state index in [9.17, 15) is 0 Å². The number of hydrogen-bond acceptors (Lipinski definition) is 3. The molecule has 0 radical (unpaired) electrons. The summed E-state index contributed by atoms with van der Waals surface area (Å²) in [6, 6.07) is 33.6. The standard InChI is InChI=1S/C39H31BN4/c1-3-15-28(4-2)40-32-22-13-11-21-31(32)35-33(40)25-24-30-29-20-12-14-23-34(29)44(36(30)35)39-42-37(26-16-7-5-8-17-26)41-38(43-39)27-18-9-6-10-19-27/h3-10,12,14-20,23-25H,1-2,11,13,21-22H2/b28-15+. The van der Waals surface area contributed by atoms with Crippen molar-refractivity contribution in [3.63, 3.8) is 0 Å². The zero-order valence-corrected chi connectivity index (χ0v) is 24.6. The summed E-state index contributed by atoms with van der Waals surface area (Å²) in [5.41, 5.74) is 11.0. The topological polar surface area (TPSA) is 43.6 Å². The summed E-state index contributed by atoms with van der Waals surface area (Å²) in [4.78, 5) is 15.3. The van der Waals surface area contributed by atoms with E-state index in [0.29, 0.717) is 17.6 Å². The molecule has 0 bridgehead atoms. The van der Waals surface area contributed by atoms with E-state index in [1.807, 2.05) is 48.6 Å². The maximum absolute atomic E-state index is 5.19. The first-order chi connectivity index (χ1) is 21.8. The zero-order chi connectivity index (χ0) is 29.6. The van der Waals surface area contributed by atoms with Crippen molar-refractivity contribution in [2.45, 2.75) is 25.7 Å². The third-order valence-electron chi connectivity index (χ3n) is 9.11. The second kappa shape index (κ2) is 10.8. The highest BCUT2D eigenvalue weighted by atomic mass is 15.2. The van der Waals surface area contributed by atoms with Gasteiger partial charge in [0.25, 0.3) is 0 Å². The van der Waals surface area contributed by atoms with Crippen molar-refractivity contribution in [1.82, 2.24) is 19.5 Å². The number of benzene rings is 4. The Labute approximate surface area is 257 Å². The highest BCUT2D eigenvalue weighted by Crippen LogP contribution is 2.45. The Balaban J connectivity index is 1.49. The van der Waals surface area contributed by atoms with Crippen molar-refractivity contribution >= 4 is 39.6 Å². The van der Waals surface area contributed by atoms with Crippen LogP contribution in [0.4, 0.5) is 0 Å². The number of allylic oxidation sites excluding steroid dienone is 6. The summed E-state index contributed by atoms with van der Waals surface area (Å²) in [5, 5.41) is 2.41. The van der Waals surface area contributed by atoms with Crippen LogP contribution in [0.15, 0.2) is 139 Å². The van der Waals surface area contributed by atoms with Crippen molar-refractivity contribution in [3.05, 3.63) is 145 Å². The monoisotopic (exact) mass is 566 g/mol. The quantitative estimate of drug-likeness (QED) is 0.150. The van der Waals surface area contributed by atoms with E-state index >= 15 is 0 Å². The number of rotatable bonds is 6. The molecule has 0 saturated heterocycles. The molecule has 210 valence electrons. The van der Waals surface area contributed by atoms with Crippen molar-refractivity contribution in [3.8, 4) is 28.7 Å². The largest absolute Gasteiger partial charge is 0.277 e. The van der Waals surface area contributed by atoms with Crippen molar-refractivity contribution in [1.29, 1.82) is 0 Å². The Kier molecular flexibility index (Phi) is 6.45. The van der Waals surface area contributed by atoms with Crippen LogP contribution in [0.3, 0.4) is 0 Å². The Morgan fingerprint density at radius 2 is 1.36 bits per heavy atom. The number of para-hydroxylation sites is 1. The molecule has 44 heavy (non-hydrogen) atoms. The number of hydrogen-bond donors (Lipinski definition) is 0. The molecule has 2 aromatic heterocycles. The van der Waals surface area contributed by atoms with Crippen molar-refractivity contribution in [2.24, 2.45) is 0 Å². The third kappa shape index (κ3) is 4.11. The highest BCUT2D eigenvalue weighted by molar-refractivity contribution is 6.90. The summed E-state index contributed by atoms with van der Waals surface area (Å²) in [6.07, 6.45) is 10.6. The molecule has 8 rings (SSSR count). The molecule has 0 saturated carbocycles. The van der Waals surface area contributed by atoms with Gasteiger partial charge in [-0.05, 0) is 42.9 Å². The minimum atomic E-state index is 0.185. The fourth-order valence-corrected chi connectivity index (χ4v) is 7.26. The predicted molar refractivity (Wildman–Crippen MR) is 184 cm³/mol. The fourth-order valence-electron chi connectivity index (χ4n) is 7.26. The highest BCUT2D eigenvalue weighted by Gasteiger charge is 2.39.